The lowest BCUT2D eigenvalue weighted by molar-refractivity contribution is -0.116. The lowest BCUT2D eigenvalue weighted by atomic mass is 9.83. The maximum absolute atomic E-state index is 12.2. The van der Waals surface area contributed by atoms with Gasteiger partial charge in [0.2, 0.25) is 0 Å². The summed E-state index contributed by atoms with van der Waals surface area (Å²) in [7, 11) is -3.08. The van der Waals surface area contributed by atoms with Crippen LogP contribution in [0, 0.1) is 0 Å². The van der Waals surface area contributed by atoms with E-state index >= 15 is 0 Å². The molecule has 2 rings (SSSR count). The van der Waals surface area contributed by atoms with Crippen molar-refractivity contribution in [2.45, 2.75) is 18.8 Å². The van der Waals surface area contributed by atoms with Crippen molar-refractivity contribution in [3.8, 4) is 0 Å². The molecule has 0 fully saturated rings. The Morgan fingerprint density at radius 1 is 1.27 bits per heavy atom. The average Bonchev–Trinajstić information content (AvgIpc) is 2.45. The zero-order valence-electron chi connectivity index (χ0n) is 12.4. The number of hydrogen-bond acceptors (Lipinski definition) is 5. The van der Waals surface area contributed by atoms with Gasteiger partial charge in [-0.2, -0.15) is 0 Å². The number of hydrogen-bond donors (Lipinski definition) is 1. The monoisotopic (exact) mass is 321 g/mol. The first-order valence-electron chi connectivity index (χ1n) is 7.04. The number of aliphatic hydroxyl groups excluding tert-OH is 1. The molecule has 0 aromatic heterocycles. The lowest BCUT2D eigenvalue weighted by Gasteiger charge is -2.22. The van der Waals surface area contributed by atoms with E-state index in [-0.39, 0.29) is 35.3 Å². The van der Waals surface area contributed by atoms with Gasteiger partial charge in [0.15, 0.2) is 5.78 Å². The smallest absolute Gasteiger partial charge is 0.168 e. The fourth-order valence-electron chi connectivity index (χ4n) is 2.39. The molecule has 1 atom stereocenters. The molecule has 0 spiro atoms. The first-order valence-corrected chi connectivity index (χ1v) is 9.10. The molecule has 1 aromatic rings. The highest BCUT2D eigenvalue weighted by atomic mass is 32.2. The van der Waals surface area contributed by atoms with Crippen molar-refractivity contribution in [1.29, 1.82) is 0 Å². The van der Waals surface area contributed by atoms with E-state index in [2.05, 4.69) is 4.99 Å². The molecule has 1 aliphatic carbocycles. The van der Waals surface area contributed by atoms with Crippen LogP contribution in [0.1, 0.15) is 24.3 Å². The summed E-state index contributed by atoms with van der Waals surface area (Å²) >= 11 is 0. The quantitative estimate of drug-likeness (QED) is 0.841. The molecule has 1 unspecified atom stereocenters. The van der Waals surface area contributed by atoms with E-state index < -0.39 is 9.84 Å². The van der Waals surface area contributed by atoms with E-state index in [0.717, 1.165) is 11.8 Å². The number of benzene rings is 1. The second-order valence-corrected chi connectivity index (χ2v) is 7.72. The second-order valence-electron chi connectivity index (χ2n) is 5.46. The Balaban J connectivity index is 2.07. The molecule has 0 saturated carbocycles. The SMILES string of the molecule is CS(=O)(=O)CCN=CC1=C(O)CC(c2ccccc2)CC1=O. The summed E-state index contributed by atoms with van der Waals surface area (Å²) in [4.78, 5) is 16.1. The van der Waals surface area contributed by atoms with Crippen LogP contribution in [0.5, 0.6) is 0 Å². The summed E-state index contributed by atoms with van der Waals surface area (Å²) in [6, 6.07) is 9.60. The number of allylic oxidation sites excluding steroid dienone is 2. The zero-order valence-corrected chi connectivity index (χ0v) is 13.2. The van der Waals surface area contributed by atoms with Gasteiger partial charge in [0.1, 0.15) is 15.6 Å². The van der Waals surface area contributed by atoms with Gasteiger partial charge in [-0.3, -0.25) is 9.79 Å². The van der Waals surface area contributed by atoms with Gasteiger partial charge in [0.05, 0.1) is 17.9 Å². The highest BCUT2D eigenvalue weighted by molar-refractivity contribution is 7.90. The number of ketones is 1. The molecular formula is C16H19NO4S. The van der Waals surface area contributed by atoms with E-state index in [1.54, 1.807) is 0 Å². The molecule has 0 saturated heterocycles. The molecule has 0 aliphatic heterocycles. The molecule has 118 valence electrons. The van der Waals surface area contributed by atoms with Gasteiger partial charge in [-0.1, -0.05) is 30.3 Å². The van der Waals surface area contributed by atoms with Crippen LogP contribution >= 0.6 is 0 Å². The van der Waals surface area contributed by atoms with Crippen LogP contribution < -0.4 is 0 Å². The number of rotatable bonds is 5. The van der Waals surface area contributed by atoms with Gasteiger partial charge in [0.25, 0.3) is 0 Å². The first-order chi connectivity index (χ1) is 10.4. The third kappa shape index (κ3) is 4.53. The Labute approximate surface area is 130 Å². The zero-order chi connectivity index (χ0) is 16.2. The number of carbonyl (C=O) groups is 1. The van der Waals surface area contributed by atoms with Crippen molar-refractivity contribution in [3.05, 3.63) is 47.2 Å². The Morgan fingerprint density at radius 2 is 1.95 bits per heavy atom. The summed E-state index contributed by atoms with van der Waals surface area (Å²) in [5.41, 5.74) is 1.22. The Hall–Kier alpha value is -1.95. The number of nitrogens with zero attached hydrogens (tertiary/aromatic N) is 1. The van der Waals surface area contributed by atoms with Crippen LogP contribution in [-0.2, 0) is 14.6 Å². The largest absolute Gasteiger partial charge is 0.511 e. The van der Waals surface area contributed by atoms with Gasteiger partial charge >= 0.3 is 0 Å². The van der Waals surface area contributed by atoms with Gasteiger partial charge in [-0.15, -0.1) is 0 Å². The number of aliphatic imine (C=N–C) groups is 1. The normalized spacial score (nSPS) is 19.9. The highest BCUT2D eigenvalue weighted by Crippen LogP contribution is 2.32. The van der Waals surface area contributed by atoms with Crippen LogP contribution in [0.3, 0.4) is 0 Å². The fraction of sp³-hybridized carbons (Fsp3) is 0.375. The van der Waals surface area contributed by atoms with Crippen LogP contribution in [0.2, 0.25) is 0 Å². The molecule has 0 bridgehead atoms. The van der Waals surface area contributed by atoms with Gasteiger partial charge in [-0.25, -0.2) is 8.42 Å². The molecule has 1 aliphatic rings. The molecule has 0 amide bonds. The number of sulfone groups is 1. The standard InChI is InChI=1S/C16H19NO4S/c1-22(20,21)8-7-17-11-14-15(18)9-13(10-16(14)19)12-5-3-2-4-6-12/h2-6,11,13,18H,7-10H2,1H3. The highest BCUT2D eigenvalue weighted by Gasteiger charge is 2.27. The van der Waals surface area contributed by atoms with Crippen LogP contribution in [-0.4, -0.2) is 44.1 Å². The van der Waals surface area contributed by atoms with Gasteiger partial charge < -0.3 is 5.11 Å². The summed E-state index contributed by atoms with van der Waals surface area (Å²) in [6.07, 6.45) is 3.14. The molecule has 6 heteroatoms. The molecule has 5 nitrogen and oxygen atoms in total. The minimum atomic E-state index is -3.08. The maximum Gasteiger partial charge on any atom is 0.168 e. The summed E-state index contributed by atoms with van der Waals surface area (Å²) in [5.74, 6) is -0.242. The molecular weight excluding hydrogens is 302 g/mol. The predicted octanol–water partition coefficient (Wildman–Crippen LogP) is 2.06. The summed E-state index contributed by atoms with van der Waals surface area (Å²) < 4.78 is 22.0. The molecule has 22 heavy (non-hydrogen) atoms. The average molecular weight is 321 g/mol. The van der Waals surface area contributed by atoms with Gasteiger partial charge in [0, 0.05) is 25.3 Å². The first kappa shape index (κ1) is 16.4. The van der Waals surface area contributed by atoms with Crippen LogP contribution in [0.4, 0.5) is 0 Å². The topological polar surface area (TPSA) is 83.8 Å². The fourth-order valence-corrected chi connectivity index (χ4v) is 2.83. The molecule has 1 N–H and O–H groups in total. The van der Waals surface area contributed by atoms with Crippen molar-refractivity contribution in [2.24, 2.45) is 4.99 Å². The van der Waals surface area contributed by atoms with Crippen LogP contribution in [0.15, 0.2) is 46.7 Å². The third-order valence-electron chi connectivity index (χ3n) is 3.57. The molecule has 0 radical (unpaired) electrons. The van der Waals surface area contributed by atoms with Crippen molar-refractivity contribution >= 4 is 21.8 Å². The summed E-state index contributed by atoms with van der Waals surface area (Å²) in [6.45, 7) is 0.0883. The number of carbonyl (C=O) groups excluding carboxylic acids is 1. The Morgan fingerprint density at radius 3 is 2.55 bits per heavy atom. The van der Waals surface area contributed by atoms with Crippen LogP contribution in [0.25, 0.3) is 0 Å². The Kier molecular flexibility index (Phi) is 5.13. The lowest BCUT2D eigenvalue weighted by Crippen LogP contribution is -2.19. The number of aliphatic hydroxyl groups is 1. The predicted molar refractivity (Wildman–Crippen MR) is 86.1 cm³/mol. The van der Waals surface area contributed by atoms with Gasteiger partial charge in [-0.05, 0) is 11.5 Å². The molecule has 0 heterocycles. The number of Topliss-reactive ketones (excluding diaryl/α,β-unsaturated/α-hetero) is 1. The van der Waals surface area contributed by atoms with E-state index in [1.165, 1.54) is 6.21 Å². The van der Waals surface area contributed by atoms with Crippen molar-refractivity contribution in [1.82, 2.24) is 0 Å². The van der Waals surface area contributed by atoms with Crippen molar-refractivity contribution in [3.63, 3.8) is 0 Å². The second kappa shape index (κ2) is 6.87. The Bertz CT molecular complexity index is 705. The van der Waals surface area contributed by atoms with E-state index in [0.29, 0.717) is 12.8 Å². The third-order valence-corrected chi connectivity index (χ3v) is 4.49. The summed E-state index contributed by atoms with van der Waals surface area (Å²) in [5, 5.41) is 10.1. The maximum atomic E-state index is 12.2. The van der Waals surface area contributed by atoms with Crippen molar-refractivity contribution in [2.75, 3.05) is 18.6 Å². The van der Waals surface area contributed by atoms with E-state index in [9.17, 15) is 18.3 Å². The minimum Gasteiger partial charge on any atom is -0.511 e. The van der Waals surface area contributed by atoms with E-state index in [4.69, 9.17) is 0 Å². The molecule has 1 aromatic carbocycles. The van der Waals surface area contributed by atoms with Crippen molar-refractivity contribution < 1.29 is 18.3 Å². The minimum absolute atomic E-state index is 0.0215. The van der Waals surface area contributed by atoms with E-state index in [1.807, 2.05) is 30.3 Å².